The second-order valence-electron chi connectivity index (χ2n) is 4.14. The molecule has 0 saturated carbocycles. The molecule has 4 nitrogen and oxygen atoms in total. The largest absolute Gasteiger partial charge is 0.342 e. The number of nitrogens with zero attached hydrogens (tertiary/aromatic N) is 2. The van der Waals surface area contributed by atoms with Gasteiger partial charge in [0.25, 0.3) is 5.69 Å². The van der Waals surface area contributed by atoms with Gasteiger partial charge in [0.05, 0.1) is 11.5 Å². The van der Waals surface area contributed by atoms with Crippen LogP contribution in [0.5, 0.6) is 0 Å². The molecular weight excluding hydrogens is 328 g/mol. The molecule has 2 aromatic heterocycles. The first-order valence-electron chi connectivity index (χ1n) is 5.60. The van der Waals surface area contributed by atoms with E-state index in [0.717, 1.165) is 21.9 Å². The van der Waals surface area contributed by atoms with E-state index in [-0.39, 0.29) is 10.6 Å². The Labute approximate surface area is 121 Å². The number of aromatic nitrogens is 1. The van der Waals surface area contributed by atoms with Crippen molar-refractivity contribution in [2.24, 2.45) is 0 Å². The van der Waals surface area contributed by atoms with Crippen LogP contribution in [0.3, 0.4) is 0 Å². The Bertz CT molecular complexity index is 763. The standard InChI is InChI=1S/C13H9BrN2O2S/c14-11-4-6-19-13(11)8-15-5-3-9-7-10(16(17)18)1-2-12(9)15/h1-7H,8H2. The zero-order valence-electron chi connectivity index (χ0n) is 9.75. The van der Waals surface area contributed by atoms with E-state index < -0.39 is 0 Å². The molecule has 3 aromatic rings. The van der Waals surface area contributed by atoms with Gasteiger partial charge in [0.2, 0.25) is 0 Å². The average Bonchev–Trinajstić information content (AvgIpc) is 2.97. The van der Waals surface area contributed by atoms with Crippen LogP contribution in [0.25, 0.3) is 10.9 Å². The first-order chi connectivity index (χ1) is 9.15. The lowest BCUT2D eigenvalue weighted by Gasteiger charge is -2.04. The quantitative estimate of drug-likeness (QED) is 0.525. The van der Waals surface area contributed by atoms with Crippen molar-refractivity contribution in [2.45, 2.75) is 6.54 Å². The van der Waals surface area contributed by atoms with Crippen molar-refractivity contribution in [1.29, 1.82) is 0 Å². The van der Waals surface area contributed by atoms with E-state index in [1.165, 1.54) is 4.88 Å². The fourth-order valence-corrected chi connectivity index (χ4v) is 3.51. The van der Waals surface area contributed by atoms with Gasteiger partial charge in [-0.2, -0.15) is 0 Å². The van der Waals surface area contributed by atoms with Crippen molar-refractivity contribution in [3.8, 4) is 0 Å². The molecule has 0 saturated heterocycles. The molecule has 0 atom stereocenters. The Kier molecular flexibility index (Phi) is 3.12. The summed E-state index contributed by atoms with van der Waals surface area (Å²) in [5.74, 6) is 0. The SMILES string of the molecule is O=[N+]([O-])c1ccc2c(ccn2Cc2sccc2Br)c1. The van der Waals surface area contributed by atoms with E-state index in [1.54, 1.807) is 29.5 Å². The van der Waals surface area contributed by atoms with Crippen LogP contribution in [0.1, 0.15) is 4.88 Å². The summed E-state index contributed by atoms with van der Waals surface area (Å²) in [4.78, 5) is 11.6. The molecule has 0 amide bonds. The third-order valence-electron chi connectivity index (χ3n) is 2.97. The van der Waals surface area contributed by atoms with Gasteiger partial charge in [-0.25, -0.2) is 0 Å². The summed E-state index contributed by atoms with van der Waals surface area (Å²) in [6.45, 7) is 0.763. The molecule has 0 aliphatic heterocycles. The Morgan fingerprint density at radius 2 is 2.16 bits per heavy atom. The fourth-order valence-electron chi connectivity index (χ4n) is 2.03. The first-order valence-corrected chi connectivity index (χ1v) is 7.27. The number of benzene rings is 1. The Balaban J connectivity index is 2.02. The third-order valence-corrected chi connectivity index (χ3v) is 4.88. The molecule has 0 N–H and O–H groups in total. The number of halogens is 1. The molecular formula is C13H9BrN2O2S. The molecule has 0 bridgehead atoms. The highest BCUT2D eigenvalue weighted by atomic mass is 79.9. The highest BCUT2D eigenvalue weighted by Gasteiger charge is 2.10. The molecule has 2 heterocycles. The highest BCUT2D eigenvalue weighted by molar-refractivity contribution is 9.10. The van der Waals surface area contributed by atoms with Crippen molar-refractivity contribution >= 4 is 43.9 Å². The molecule has 0 fully saturated rings. The molecule has 0 spiro atoms. The van der Waals surface area contributed by atoms with E-state index >= 15 is 0 Å². The van der Waals surface area contributed by atoms with Crippen LogP contribution in [-0.2, 0) is 6.54 Å². The average molecular weight is 337 g/mol. The normalized spacial score (nSPS) is 11.0. The lowest BCUT2D eigenvalue weighted by atomic mass is 10.2. The van der Waals surface area contributed by atoms with Crippen LogP contribution in [0.15, 0.2) is 46.4 Å². The summed E-state index contributed by atoms with van der Waals surface area (Å²) in [5.41, 5.74) is 1.13. The van der Waals surface area contributed by atoms with Gasteiger partial charge in [0.15, 0.2) is 0 Å². The fraction of sp³-hybridized carbons (Fsp3) is 0.0769. The van der Waals surface area contributed by atoms with E-state index in [1.807, 2.05) is 23.7 Å². The lowest BCUT2D eigenvalue weighted by molar-refractivity contribution is -0.384. The third kappa shape index (κ3) is 2.29. The maximum absolute atomic E-state index is 10.7. The van der Waals surface area contributed by atoms with Crippen molar-refractivity contribution in [2.75, 3.05) is 0 Å². The predicted octanol–water partition coefficient (Wildman–Crippen LogP) is 4.42. The van der Waals surface area contributed by atoms with E-state index in [9.17, 15) is 10.1 Å². The second kappa shape index (κ2) is 4.79. The van der Waals surface area contributed by atoms with Crippen LogP contribution in [-0.4, -0.2) is 9.49 Å². The van der Waals surface area contributed by atoms with Crippen LogP contribution >= 0.6 is 27.3 Å². The van der Waals surface area contributed by atoms with Gasteiger partial charge in [-0.15, -0.1) is 11.3 Å². The molecule has 3 rings (SSSR count). The van der Waals surface area contributed by atoms with Crippen LogP contribution < -0.4 is 0 Å². The van der Waals surface area contributed by atoms with Gasteiger partial charge in [0, 0.05) is 38.6 Å². The number of nitro benzene ring substituents is 1. The number of nitro groups is 1. The number of thiophene rings is 1. The predicted molar refractivity (Wildman–Crippen MR) is 79.7 cm³/mol. The zero-order chi connectivity index (χ0) is 13.4. The smallest absolute Gasteiger partial charge is 0.270 e. The van der Waals surface area contributed by atoms with Crippen LogP contribution in [0, 0.1) is 10.1 Å². The monoisotopic (exact) mass is 336 g/mol. The van der Waals surface area contributed by atoms with Gasteiger partial charge >= 0.3 is 0 Å². The Morgan fingerprint density at radius 3 is 2.84 bits per heavy atom. The van der Waals surface area contributed by atoms with Gasteiger partial charge in [0.1, 0.15) is 0 Å². The van der Waals surface area contributed by atoms with E-state index in [4.69, 9.17) is 0 Å². The number of non-ortho nitro benzene ring substituents is 1. The number of rotatable bonds is 3. The first kappa shape index (κ1) is 12.4. The summed E-state index contributed by atoms with van der Waals surface area (Å²) in [6.07, 6.45) is 1.96. The number of hydrogen-bond donors (Lipinski definition) is 0. The number of fused-ring (bicyclic) bond motifs is 1. The van der Waals surface area contributed by atoms with Crippen molar-refractivity contribution in [3.05, 3.63) is 61.4 Å². The van der Waals surface area contributed by atoms with Gasteiger partial charge in [-0.3, -0.25) is 10.1 Å². The minimum atomic E-state index is -0.368. The summed E-state index contributed by atoms with van der Waals surface area (Å²) in [6, 6.07) is 8.88. The van der Waals surface area contributed by atoms with Gasteiger partial charge < -0.3 is 4.57 Å². The molecule has 96 valence electrons. The Hall–Kier alpha value is -1.66. The van der Waals surface area contributed by atoms with Crippen molar-refractivity contribution in [3.63, 3.8) is 0 Å². The summed E-state index contributed by atoms with van der Waals surface area (Å²) >= 11 is 5.20. The molecule has 0 aliphatic rings. The Morgan fingerprint density at radius 1 is 1.32 bits per heavy atom. The summed E-state index contributed by atoms with van der Waals surface area (Å²) in [7, 11) is 0. The van der Waals surface area contributed by atoms with Gasteiger partial charge in [-0.05, 0) is 39.5 Å². The second-order valence-corrected chi connectivity index (χ2v) is 5.99. The van der Waals surface area contributed by atoms with Crippen molar-refractivity contribution in [1.82, 2.24) is 4.57 Å². The molecule has 0 unspecified atom stereocenters. The summed E-state index contributed by atoms with van der Waals surface area (Å²) in [5, 5.41) is 13.7. The van der Waals surface area contributed by atoms with Gasteiger partial charge in [-0.1, -0.05) is 0 Å². The van der Waals surface area contributed by atoms with Crippen LogP contribution in [0.2, 0.25) is 0 Å². The minimum absolute atomic E-state index is 0.127. The topological polar surface area (TPSA) is 48.1 Å². The highest BCUT2D eigenvalue weighted by Crippen LogP contribution is 2.27. The molecule has 1 aromatic carbocycles. The molecule has 0 radical (unpaired) electrons. The van der Waals surface area contributed by atoms with E-state index in [2.05, 4.69) is 20.5 Å². The lowest BCUT2D eigenvalue weighted by Crippen LogP contribution is -1.96. The van der Waals surface area contributed by atoms with E-state index in [0.29, 0.717) is 0 Å². The maximum atomic E-state index is 10.7. The molecule has 6 heteroatoms. The maximum Gasteiger partial charge on any atom is 0.270 e. The van der Waals surface area contributed by atoms with Crippen molar-refractivity contribution < 1.29 is 4.92 Å². The summed E-state index contributed by atoms with van der Waals surface area (Å²) < 4.78 is 3.19. The minimum Gasteiger partial charge on any atom is -0.342 e. The molecule has 19 heavy (non-hydrogen) atoms. The molecule has 0 aliphatic carbocycles. The zero-order valence-corrected chi connectivity index (χ0v) is 12.1. The van der Waals surface area contributed by atoms with Crippen LogP contribution in [0.4, 0.5) is 5.69 Å². The number of hydrogen-bond acceptors (Lipinski definition) is 3.